The van der Waals surface area contributed by atoms with Gasteiger partial charge in [-0.25, -0.2) is 0 Å². The zero-order valence-corrected chi connectivity index (χ0v) is 13.6. The Kier molecular flexibility index (Phi) is 4.17. The summed E-state index contributed by atoms with van der Waals surface area (Å²) in [5, 5.41) is 3.58. The Morgan fingerprint density at radius 3 is 2.48 bits per heavy atom. The van der Waals surface area contributed by atoms with Gasteiger partial charge in [-0.05, 0) is 50.2 Å². The van der Waals surface area contributed by atoms with Gasteiger partial charge in [-0.3, -0.25) is 0 Å². The number of nitrogens with zero attached hydrogens (tertiary/aromatic N) is 5. The maximum absolute atomic E-state index is 5.96. The molecule has 0 aliphatic carbocycles. The standard InChI is InChI=1S/C14H23ClN6/c1-20(2)14-18-12(15)17-13(19-14)16-8-9-6-10-4-5-11(7-9)21(10)3/h9-11H,4-8H2,1-3H3,(H,16,17,18,19). The molecule has 2 saturated heterocycles. The van der Waals surface area contributed by atoms with Gasteiger partial charge >= 0.3 is 0 Å². The fourth-order valence-corrected chi connectivity index (χ4v) is 3.70. The van der Waals surface area contributed by atoms with Crippen molar-refractivity contribution in [3.63, 3.8) is 0 Å². The van der Waals surface area contributed by atoms with E-state index >= 15 is 0 Å². The highest BCUT2D eigenvalue weighted by atomic mass is 35.5. The number of fused-ring (bicyclic) bond motifs is 2. The molecule has 2 aliphatic heterocycles. The van der Waals surface area contributed by atoms with Gasteiger partial charge in [0.2, 0.25) is 17.2 Å². The Morgan fingerprint density at radius 1 is 1.19 bits per heavy atom. The molecule has 2 atom stereocenters. The van der Waals surface area contributed by atoms with Crippen molar-refractivity contribution in [3.05, 3.63) is 5.28 Å². The molecule has 6 nitrogen and oxygen atoms in total. The van der Waals surface area contributed by atoms with Gasteiger partial charge in [0.25, 0.3) is 0 Å². The Hall–Kier alpha value is -1.14. The van der Waals surface area contributed by atoms with Crippen molar-refractivity contribution in [1.82, 2.24) is 19.9 Å². The van der Waals surface area contributed by atoms with Gasteiger partial charge < -0.3 is 15.1 Å². The molecule has 2 fully saturated rings. The Balaban J connectivity index is 1.61. The number of hydrogen-bond acceptors (Lipinski definition) is 6. The average Bonchev–Trinajstić information content (AvgIpc) is 2.66. The molecular weight excluding hydrogens is 288 g/mol. The van der Waals surface area contributed by atoms with E-state index in [1.165, 1.54) is 25.7 Å². The second kappa shape index (κ2) is 5.93. The van der Waals surface area contributed by atoms with E-state index < -0.39 is 0 Å². The number of aromatic nitrogens is 3. The van der Waals surface area contributed by atoms with Crippen LogP contribution in [0, 0.1) is 5.92 Å². The molecule has 0 spiro atoms. The van der Waals surface area contributed by atoms with Crippen LogP contribution in [0.25, 0.3) is 0 Å². The van der Waals surface area contributed by atoms with Crippen LogP contribution in [-0.4, -0.2) is 59.6 Å². The van der Waals surface area contributed by atoms with E-state index in [0.717, 1.165) is 18.6 Å². The summed E-state index contributed by atoms with van der Waals surface area (Å²) in [5.41, 5.74) is 0. The number of piperidine rings is 1. The number of nitrogens with one attached hydrogen (secondary N) is 1. The van der Waals surface area contributed by atoms with Crippen molar-refractivity contribution in [3.8, 4) is 0 Å². The molecular formula is C14H23ClN6. The molecule has 3 heterocycles. The Bertz CT molecular complexity index is 494. The monoisotopic (exact) mass is 310 g/mol. The first-order chi connectivity index (χ1) is 10.0. The van der Waals surface area contributed by atoms with E-state index in [-0.39, 0.29) is 5.28 Å². The zero-order valence-electron chi connectivity index (χ0n) is 12.9. The third-order valence-electron chi connectivity index (χ3n) is 4.74. The van der Waals surface area contributed by atoms with Gasteiger partial charge in [-0.1, -0.05) is 0 Å². The van der Waals surface area contributed by atoms with Gasteiger partial charge in [-0.2, -0.15) is 15.0 Å². The number of halogens is 1. The first-order valence-electron chi connectivity index (χ1n) is 7.57. The first-order valence-corrected chi connectivity index (χ1v) is 7.95. The van der Waals surface area contributed by atoms with Gasteiger partial charge in [-0.15, -0.1) is 0 Å². The lowest BCUT2D eigenvalue weighted by Gasteiger charge is -2.36. The second-order valence-corrected chi connectivity index (χ2v) is 6.73. The lowest BCUT2D eigenvalue weighted by Crippen LogP contribution is -2.41. The van der Waals surface area contributed by atoms with Crippen molar-refractivity contribution in [2.75, 3.05) is 37.9 Å². The molecule has 1 aromatic rings. The number of anilines is 2. The lowest BCUT2D eigenvalue weighted by molar-refractivity contribution is 0.139. The van der Waals surface area contributed by atoms with Crippen molar-refractivity contribution in [2.24, 2.45) is 5.92 Å². The third kappa shape index (κ3) is 3.21. The van der Waals surface area contributed by atoms with E-state index in [2.05, 4.69) is 32.2 Å². The lowest BCUT2D eigenvalue weighted by atomic mass is 9.91. The fourth-order valence-electron chi connectivity index (χ4n) is 3.55. The maximum Gasteiger partial charge on any atom is 0.230 e. The minimum atomic E-state index is 0.236. The van der Waals surface area contributed by atoms with Crippen molar-refractivity contribution in [1.29, 1.82) is 0 Å². The summed E-state index contributed by atoms with van der Waals surface area (Å²) < 4.78 is 0. The van der Waals surface area contributed by atoms with Crippen LogP contribution in [0.4, 0.5) is 11.9 Å². The summed E-state index contributed by atoms with van der Waals surface area (Å²) in [6, 6.07) is 1.52. The molecule has 3 rings (SSSR count). The highest BCUT2D eigenvalue weighted by Gasteiger charge is 2.38. The molecule has 1 aromatic heterocycles. The van der Waals surface area contributed by atoms with Gasteiger partial charge in [0.15, 0.2) is 0 Å². The highest BCUT2D eigenvalue weighted by molar-refractivity contribution is 6.28. The number of hydrogen-bond donors (Lipinski definition) is 1. The normalized spacial score (nSPS) is 28.7. The van der Waals surface area contributed by atoms with Crippen molar-refractivity contribution in [2.45, 2.75) is 37.8 Å². The van der Waals surface area contributed by atoms with E-state index in [9.17, 15) is 0 Å². The molecule has 2 aliphatic rings. The summed E-state index contributed by atoms with van der Waals surface area (Å²) in [6.45, 7) is 0.911. The Morgan fingerprint density at radius 2 is 1.86 bits per heavy atom. The Labute approximate surface area is 130 Å². The topological polar surface area (TPSA) is 57.2 Å². The zero-order chi connectivity index (χ0) is 15.0. The summed E-state index contributed by atoms with van der Waals surface area (Å²) in [4.78, 5) is 17.0. The van der Waals surface area contributed by atoms with Gasteiger partial charge in [0, 0.05) is 32.7 Å². The quantitative estimate of drug-likeness (QED) is 0.916. The maximum atomic E-state index is 5.96. The molecule has 0 radical (unpaired) electrons. The first kappa shape index (κ1) is 14.8. The van der Waals surface area contributed by atoms with Crippen LogP contribution < -0.4 is 10.2 Å². The molecule has 2 unspecified atom stereocenters. The molecule has 7 heteroatoms. The van der Waals surface area contributed by atoms with Gasteiger partial charge in [0.1, 0.15) is 0 Å². The SMILES string of the molecule is CN(C)c1nc(Cl)nc(NCC2CC3CCC(C2)N3C)n1. The third-order valence-corrected chi connectivity index (χ3v) is 4.91. The smallest absolute Gasteiger partial charge is 0.230 e. The van der Waals surface area contributed by atoms with Crippen molar-refractivity contribution >= 4 is 23.5 Å². The van der Waals surface area contributed by atoms with Crippen LogP contribution >= 0.6 is 11.6 Å². The summed E-state index contributed by atoms with van der Waals surface area (Å²) in [7, 11) is 6.05. The van der Waals surface area contributed by atoms with Crippen LogP contribution in [0.1, 0.15) is 25.7 Å². The molecule has 2 bridgehead atoms. The molecule has 0 amide bonds. The van der Waals surface area contributed by atoms with Crippen LogP contribution in [0.5, 0.6) is 0 Å². The summed E-state index contributed by atoms with van der Waals surface area (Å²) in [6.07, 6.45) is 5.22. The summed E-state index contributed by atoms with van der Waals surface area (Å²) >= 11 is 5.96. The second-order valence-electron chi connectivity index (χ2n) is 6.39. The highest BCUT2D eigenvalue weighted by Crippen LogP contribution is 2.37. The number of rotatable bonds is 4. The van der Waals surface area contributed by atoms with Crippen LogP contribution in [0.2, 0.25) is 5.28 Å². The molecule has 0 aromatic carbocycles. The van der Waals surface area contributed by atoms with Gasteiger partial charge in [0.05, 0.1) is 0 Å². The van der Waals surface area contributed by atoms with Crippen molar-refractivity contribution < 1.29 is 0 Å². The van der Waals surface area contributed by atoms with E-state index in [4.69, 9.17) is 11.6 Å². The molecule has 0 saturated carbocycles. The minimum absolute atomic E-state index is 0.236. The fraction of sp³-hybridized carbons (Fsp3) is 0.786. The van der Waals surface area contributed by atoms with E-state index in [1.807, 2.05) is 19.0 Å². The predicted octanol–water partition coefficient (Wildman–Crippen LogP) is 1.88. The van der Waals surface area contributed by atoms with E-state index in [1.54, 1.807) is 0 Å². The molecule has 116 valence electrons. The average molecular weight is 311 g/mol. The van der Waals surface area contributed by atoms with Crippen LogP contribution in [-0.2, 0) is 0 Å². The molecule has 21 heavy (non-hydrogen) atoms. The largest absolute Gasteiger partial charge is 0.354 e. The summed E-state index contributed by atoms with van der Waals surface area (Å²) in [5.74, 6) is 1.85. The van der Waals surface area contributed by atoms with Crippen LogP contribution in [0.15, 0.2) is 0 Å². The minimum Gasteiger partial charge on any atom is -0.354 e. The van der Waals surface area contributed by atoms with Crippen LogP contribution in [0.3, 0.4) is 0 Å². The van der Waals surface area contributed by atoms with E-state index in [0.29, 0.717) is 17.8 Å². The predicted molar refractivity (Wildman–Crippen MR) is 85.0 cm³/mol. The molecule has 1 N–H and O–H groups in total.